The highest BCUT2D eigenvalue weighted by Crippen LogP contribution is 2.22. The third-order valence-corrected chi connectivity index (χ3v) is 3.25. The summed E-state index contributed by atoms with van der Waals surface area (Å²) in [5.41, 5.74) is 2.24. The van der Waals surface area contributed by atoms with Gasteiger partial charge in [-0.1, -0.05) is 38.5 Å². The van der Waals surface area contributed by atoms with Crippen LogP contribution in [0.3, 0.4) is 0 Å². The lowest BCUT2D eigenvalue weighted by atomic mass is 10.0. The molecule has 0 radical (unpaired) electrons. The van der Waals surface area contributed by atoms with Crippen molar-refractivity contribution >= 4 is 0 Å². The van der Waals surface area contributed by atoms with Gasteiger partial charge in [0.2, 0.25) is 0 Å². The maximum Gasteiger partial charge on any atom is 0.120 e. The Hall–Kier alpha value is -1.28. The van der Waals surface area contributed by atoms with Crippen LogP contribution >= 0.6 is 0 Å². The maximum absolute atomic E-state index is 8.97. The van der Waals surface area contributed by atoms with Gasteiger partial charge in [0, 0.05) is 13.0 Å². The van der Waals surface area contributed by atoms with Crippen LogP contribution in [0.2, 0.25) is 0 Å². The van der Waals surface area contributed by atoms with Gasteiger partial charge in [-0.15, -0.1) is 6.58 Å². The molecule has 2 nitrogen and oxygen atoms in total. The molecule has 1 aromatic rings. The van der Waals surface area contributed by atoms with E-state index in [4.69, 9.17) is 9.84 Å². The Bertz CT molecular complexity index is 433. The summed E-state index contributed by atoms with van der Waals surface area (Å²) < 4.78 is 5.90. The Kier molecular flexibility index (Phi) is 9.84. The summed E-state index contributed by atoms with van der Waals surface area (Å²) in [5, 5.41) is 8.97. The van der Waals surface area contributed by atoms with Crippen molar-refractivity contribution in [2.45, 2.75) is 66.4 Å². The summed E-state index contributed by atoms with van der Waals surface area (Å²) in [4.78, 5) is 0. The number of hydrogen-bond donors (Lipinski definition) is 1. The summed E-state index contributed by atoms with van der Waals surface area (Å²) >= 11 is 0. The molecule has 0 atom stereocenters. The zero-order chi connectivity index (χ0) is 17.2. The Morgan fingerprint density at radius 1 is 1.32 bits per heavy atom. The van der Waals surface area contributed by atoms with Crippen LogP contribution in [0, 0.1) is 5.92 Å². The van der Waals surface area contributed by atoms with Crippen LogP contribution in [-0.2, 0) is 6.42 Å². The molecule has 0 aliphatic rings. The molecule has 22 heavy (non-hydrogen) atoms. The molecule has 0 fully saturated rings. The molecule has 126 valence electrons. The van der Waals surface area contributed by atoms with E-state index >= 15 is 0 Å². The Balaban J connectivity index is 0.000000763. The molecule has 1 N–H and O–H groups in total. The molecule has 1 rings (SSSR count). The van der Waals surface area contributed by atoms with Crippen molar-refractivity contribution in [2.24, 2.45) is 5.92 Å². The van der Waals surface area contributed by atoms with Crippen molar-refractivity contribution in [1.29, 1.82) is 0 Å². The third-order valence-electron chi connectivity index (χ3n) is 3.25. The van der Waals surface area contributed by atoms with E-state index in [0.717, 1.165) is 18.6 Å². The smallest absolute Gasteiger partial charge is 0.120 e. The van der Waals surface area contributed by atoms with Crippen LogP contribution in [0.5, 0.6) is 5.75 Å². The van der Waals surface area contributed by atoms with Gasteiger partial charge in [-0.3, -0.25) is 0 Å². The van der Waals surface area contributed by atoms with Crippen molar-refractivity contribution < 1.29 is 9.84 Å². The topological polar surface area (TPSA) is 29.5 Å². The summed E-state index contributed by atoms with van der Waals surface area (Å²) in [5.74, 6) is 1.54. The first-order chi connectivity index (χ1) is 10.2. The van der Waals surface area contributed by atoms with Gasteiger partial charge in [-0.05, 0) is 57.2 Å². The molecule has 0 saturated heterocycles. The Morgan fingerprint density at radius 2 is 1.91 bits per heavy atom. The van der Waals surface area contributed by atoms with Gasteiger partial charge in [-0.25, -0.2) is 0 Å². The van der Waals surface area contributed by atoms with Crippen molar-refractivity contribution in [1.82, 2.24) is 0 Å². The molecular formula is C20H34O2. The van der Waals surface area contributed by atoms with Crippen LogP contribution in [0.1, 0.15) is 59.9 Å². The van der Waals surface area contributed by atoms with Crippen LogP contribution in [0.15, 0.2) is 36.4 Å². The van der Waals surface area contributed by atoms with Gasteiger partial charge in [0.1, 0.15) is 11.4 Å². The van der Waals surface area contributed by atoms with Crippen molar-refractivity contribution in [2.75, 3.05) is 6.61 Å². The van der Waals surface area contributed by atoms with Gasteiger partial charge in [-0.2, -0.15) is 0 Å². The van der Waals surface area contributed by atoms with E-state index in [2.05, 4.69) is 39.5 Å². The Labute approximate surface area is 137 Å². The second-order valence-electron chi connectivity index (χ2n) is 6.89. The fourth-order valence-corrected chi connectivity index (χ4v) is 1.85. The lowest BCUT2D eigenvalue weighted by molar-refractivity contribution is 0.0764. The van der Waals surface area contributed by atoms with E-state index in [9.17, 15) is 0 Å². The average Bonchev–Trinajstić information content (AvgIpc) is 2.38. The zero-order valence-electron chi connectivity index (χ0n) is 15.3. The lowest BCUT2D eigenvalue weighted by Crippen LogP contribution is -2.29. The highest BCUT2D eigenvalue weighted by Gasteiger charge is 2.18. The number of aliphatic hydroxyl groups is 1. The molecule has 0 amide bonds. The van der Waals surface area contributed by atoms with Crippen molar-refractivity contribution in [3.63, 3.8) is 0 Å². The van der Waals surface area contributed by atoms with E-state index in [1.807, 2.05) is 32.9 Å². The van der Waals surface area contributed by atoms with Crippen LogP contribution in [0.25, 0.3) is 0 Å². The lowest BCUT2D eigenvalue weighted by Gasteiger charge is -2.26. The monoisotopic (exact) mass is 306 g/mol. The number of hydrogen-bond acceptors (Lipinski definition) is 2. The molecule has 0 aromatic heterocycles. The number of allylic oxidation sites excluding steroid dienone is 1. The highest BCUT2D eigenvalue weighted by atomic mass is 16.5. The summed E-state index contributed by atoms with van der Waals surface area (Å²) in [7, 11) is 0. The number of ether oxygens (including phenoxy) is 1. The first kappa shape index (κ1) is 20.7. The minimum Gasteiger partial charge on any atom is -0.488 e. The van der Waals surface area contributed by atoms with Gasteiger partial charge >= 0.3 is 0 Å². The van der Waals surface area contributed by atoms with Crippen molar-refractivity contribution in [3.8, 4) is 5.75 Å². The summed E-state index contributed by atoms with van der Waals surface area (Å²) in [6, 6.07) is 8.23. The predicted octanol–water partition coefficient (Wildman–Crippen LogP) is 5.40. The molecule has 0 unspecified atom stereocenters. The molecule has 0 aliphatic heterocycles. The van der Waals surface area contributed by atoms with Crippen LogP contribution < -0.4 is 4.74 Å². The first-order valence-electron chi connectivity index (χ1n) is 8.23. The molecular weight excluding hydrogens is 272 g/mol. The van der Waals surface area contributed by atoms with Crippen molar-refractivity contribution in [3.05, 3.63) is 42.0 Å². The quantitative estimate of drug-likeness (QED) is 0.684. The zero-order valence-corrected chi connectivity index (χ0v) is 15.3. The predicted molar refractivity (Wildman–Crippen MR) is 96.5 cm³/mol. The largest absolute Gasteiger partial charge is 0.488 e. The molecule has 0 heterocycles. The summed E-state index contributed by atoms with van der Waals surface area (Å²) in [6.45, 7) is 16.4. The standard InChI is InChI=1S/C15H24O2.C5H10/c1-12(2)10-13-6-5-7-14(11-13)17-15(3,4)8-9-16;1-4-5(2)3/h5-7,11-12,16H,8-10H2,1-4H3;2,4H2,1,3H3. The first-order valence-corrected chi connectivity index (χ1v) is 8.23. The number of aliphatic hydroxyl groups excluding tert-OH is 1. The van der Waals surface area contributed by atoms with Crippen LogP contribution in [0.4, 0.5) is 0 Å². The Morgan fingerprint density at radius 3 is 2.36 bits per heavy atom. The maximum atomic E-state index is 8.97. The fourth-order valence-electron chi connectivity index (χ4n) is 1.85. The summed E-state index contributed by atoms with van der Waals surface area (Å²) in [6.07, 6.45) is 2.82. The van der Waals surface area contributed by atoms with E-state index < -0.39 is 0 Å². The molecule has 0 saturated carbocycles. The third kappa shape index (κ3) is 10.4. The van der Waals surface area contributed by atoms with Gasteiger partial charge in [0.25, 0.3) is 0 Å². The molecule has 0 bridgehead atoms. The molecule has 1 aromatic carbocycles. The van der Waals surface area contributed by atoms with Gasteiger partial charge in [0.05, 0.1) is 0 Å². The van der Waals surface area contributed by atoms with E-state index in [1.54, 1.807) is 0 Å². The minimum atomic E-state index is -0.314. The average molecular weight is 306 g/mol. The highest BCUT2D eigenvalue weighted by molar-refractivity contribution is 5.29. The van der Waals surface area contributed by atoms with Gasteiger partial charge in [0.15, 0.2) is 0 Å². The minimum absolute atomic E-state index is 0.151. The molecule has 0 aliphatic carbocycles. The molecule has 0 spiro atoms. The fraction of sp³-hybridized carbons (Fsp3) is 0.600. The second kappa shape index (κ2) is 10.4. The normalized spacial score (nSPS) is 10.9. The number of rotatable bonds is 7. The number of benzene rings is 1. The second-order valence-corrected chi connectivity index (χ2v) is 6.89. The van der Waals surface area contributed by atoms with E-state index in [1.165, 1.54) is 11.1 Å². The van der Waals surface area contributed by atoms with E-state index in [0.29, 0.717) is 12.3 Å². The SMILES string of the molecule is C=C(C)CC.CC(C)Cc1cccc(OC(C)(C)CCO)c1. The van der Waals surface area contributed by atoms with Gasteiger partial charge < -0.3 is 9.84 Å². The van der Waals surface area contributed by atoms with Crippen LogP contribution in [-0.4, -0.2) is 17.3 Å². The molecule has 2 heteroatoms. The van der Waals surface area contributed by atoms with E-state index in [-0.39, 0.29) is 12.2 Å².